The Balaban J connectivity index is 1.87. The number of amides is 3. The molecule has 0 radical (unpaired) electrons. The van der Waals surface area contributed by atoms with E-state index < -0.39 is 17.8 Å². The highest BCUT2D eigenvalue weighted by Crippen LogP contribution is 2.45. The van der Waals surface area contributed by atoms with Gasteiger partial charge in [-0.05, 0) is 69.9 Å². The lowest BCUT2D eigenvalue weighted by atomic mass is 9.86. The third kappa shape index (κ3) is 6.13. The molecule has 1 heterocycles. The van der Waals surface area contributed by atoms with Gasteiger partial charge in [0.1, 0.15) is 17.4 Å². The number of carboxylic acid groups (broad SMARTS) is 1. The molecule has 0 fully saturated rings. The van der Waals surface area contributed by atoms with E-state index in [0.29, 0.717) is 25.9 Å². The summed E-state index contributed by atoms with van der Waals surface area (Å²) in [6, 6.07) is 13.5. The van der Waals surface area contributed by atoms with Gasteiger partial charge in [-0.2, -0.15) is 0 Å². The highest BCUT2D eigenvalue weighted by molar-refractivity contribution is 5.89. The third-order valence-corrected chi connectivity index (χ3v) is 7.31. The van der Waals surface area contributed by atoms with E-state index in [1.165, 1.54) is 4.90 Å². The summed E-state index contributed by atoms with van der Waals surface area (Å²) in [6.07, 6.45) is -0.456. The fraction of sp³-hybridized carbons (Fsp3) is 0.483. The van der Waals surface area contributed by atoms with Crippen molar-refractivity contribution in [3.05, 3.63) is 53.6 Å². The van der Waals surface area contributed by atoms with Crippen LogP contribution in [0.5, 0.6) is 0 Å². The van der Waals surface area contributed by atoms with E-state index >= 15 is 0 Å². The number of nitrogens with zero attached hydrogens (tertiary/aromatic N) is 2. The Morgan fingerprint density at radius 1 is 1.11 bits per heavy atom. The SMILES string of the molecule is CCN(C(=O)[O-])[C@@H]1C[C@H](C)[N+](C)(C(C)=O)c2ccc(-c3ccc(CCNC(=O)OC(C)(C)C)cc3)cc21. The molecular formula is C29H39N3O5. The number of rotatable bonds is 6. The minimum Gasteiger partial charge on any atom is -0.530 e. The van der Waals surface area contributed by atoms with Crippen molar-refractivity contribution in [1.82, 2.24) is 14.7 Å². The standard InChI is InChI=1S/C29H39N3O5/c1-8-31(28(35)36)25-17-19(2)32(7,20(3)33)26-14-13-23(18-24(25)26)22-11-9-21(10-12-22)15-16-30-27(34)37-29(4,5)6/h9-14,18-19,25H,8,15-17H2,1-7H3,(H-,30,34,35,36)/t19-,25+,32?/m0/s1. The Morgan fingerprint density at radius 3 is 2.27 bits per heavy atom. The van der Waals surface area contributed by atoms with Crippen molar-refractivity contribution in [3.63, 3.8) is 0 Å². The number of alkyl carbamates (subject to hydrolysis) is 1. The lowest BCUT2D eigenvalue weighted by molar-refractivity contribution is -0.268. The Kier molecular flexibility index (Phi) is 8.32. The summed E-state index contributed by atoms with van der Waals surface area (Å²) in [6.45, 7) is 11.6. The topological polar surface area (TPSA) is 98.8 Å². The first-order chi connectivity index (χ1) is 17.3. The van der Waals surface area contributed by atoms with Crippen LogP contribution >= 0.6 is 0 Å². The van der Waals surface area contributed by atoms with Gasteiger partial charge in [0.05, 0.1) is 26.1 Å². The number of carbonyl (C=O) groups is 3. The van der Waals surface area contributed by atoms with Crippen molar-refractivity contribution in [2.24, 2.45) is 0 Å². The number of ether oxygens (including phenoxy) is 1. The zero-order valence-electron chi connectivity index (χ0n) is 23.0. The molecule has 3 rings (SSSR count). The highest BCUT2D eigenvalue weighted by atomic mass is 16.6. The average molecular weight is 510 g/mol. The van der Waals surface area contributed by atoms with Crippen molar-refractivity contribution in [2.45, 2.75) is 72.1 Å². The van der Waals surface area contributed by atoms with Gasteiger partial charge < -0.3 is 24.9 Å². The molecular weight excluding hydrogens is 470 g/mol. The Bertz CT molecular complexity index is 1160. The van der Waals surface area contributed by atoms with Crippen LogP contribution in [0.4, 0.5) is 15.3 Å². The molecule has 1 aliphatic rings. The van der Waals surface area contributed by atoms with Gasteiger partial charge in [-0.25, -0.2) is 14.1 Å². The van der Waals surface area contributed by atoms with E-state index in [4.69, 9.17) is 4.74 Å². The molecule has 1 unspecified atom stereocenters. The summed E-state index contributed by atoms with van der Waals surface area (Å²) in [5, 5.41) is 14.7. The van der Waals surface area contributed by atoms with Crippen molar-refractivity contribution in [2.75, 3.05) is 20.1 Å². The number of carbonyl (C=O) groups excluding carboxylic acids is 3. The van der Waals surface area contributed by atoms with E-state index in [9.17, 15) is 19.5 Å². The van der Waals surface area contributed by atoms with Gasteiger partial charge in [0.25, 0.3) is 0 Å². The fourth-order valence-corrected chi connectivity index (χ4v) is 5.06. The summed E-state index contributed by atoms with van der Waals surface area (Å²) in [5.41, 5.74) is 4.13. The first-order valence-electron chi connectivity index (χ1n) is 12.8. The molecule has 8 heteroatoms. The maximum absolute atomic E-state index is 12.8. The molecule has 0 aliphatic carbocycles. The van der Waals surface area contributed by atoms with E-state index in [1.807, 2.05) is 77.2 Å². The van der Waals surface area contributed by atoms with Crippen molar-refractivity contribution in [3.8, 4) is 11.1 Å². The van der Waals surface area contributed by atoms with Crippen LogP contribution < -0.4 is 14.9 Å². The van der Waals surface area contributed by atoms with Crippen LogP contribution in [-0.4, -0.2) is 54.8 Å². The second-order valence-electron chi connectivity index (χ2n) is 10.9. The smallest absolute Gasteiger partial charge is 0.407 e. The molecule has 37 heavy (non-hydrogen) atoms. The molecule has 0 saturated heterocycles. The third-order valence-electron chi connectivity index (χ3n) is 7.31. The minimum atomic E-state index is -1.21. The molecule has 2 aromatic carbocycles. The van der Waals surface area contributed by atoms with Crippen molar-refractivity contribution < 1.29 is 24.2 Å². The molecule has 0 spiro atoms. The van der Waals surface area contributed by atoms with Crippen molar-refractivity contribution >= 4 is 23.8 Å². The maximum Gasteiger partial charge on any atom is 0.407 e. The second-order valence-corrected chi connectivity index (χ2v) is 10.9. The fourth-order valence-electron chi connectivity index (χ4n) is 5.06. The summed E-state index contributed by atoms with van der Waals surface area (Å²) >= 11 is 0. The van der Waals surface area contributed by atoms with E-state index in [-0.39, 0.29) is 22.5 Å². The number of hydrogen-bond donors (Lipinski definition) is 1. The summed E-state index contributed by atoms with van der Waals surface area (Å²) in [7, 11) is 1.90. The zero-order valence-corrected chi connectivity index (χ0v) is 23.0. The minimum absolute atomic E-state index is 0.0146. The molecule has 2 aromatic rings. The van der Waals surface area contributed by atoms with Gasteiger partial charge >= 0.3 is 12.0 Å². The van der Waals surface area contributed by atoms with Gasteiger partial charge in [-0.1, -0.05) is 24.3 Å². The normalized spacial score (nSPS) is 21.1. The van der Waals surface area contributed by atoms with Crippen LogP contribution in [0.15, 0.2) is 42.5 Å². The van der Waals surface area contributed by atoms with Crippen LogP contribution in [0.2, 0.25) is 0 Å². The largest absolute Gasteiger partial charge is 0.530 e. The van der Waals surface area contributed by atoms with Crippen LogP contribution in [0.3, 0.4) is 0 Å². The molecule has 0 saturated carbocycles. The Hall–Kier alpha value is -3.39. The highest BCUT2D eigenvalue weighted by Gasteiger charge is 2.47. The molecule has 8 nitrogen and oxygen atoms in total. The lowest BCUT2D eigenvalue weighted by Crippen LogP contribution is -2.60. The van der Waals surface area contributed by atoms with Gasteiger partial charge in [0.2, 0.25) is 0 Å². The lowest BCUT2D eigenvalue weighted by Gasteiger charge is -2.47. The predicted molar refractivity (Wildman–Crippen MR) is 143 cm³/mol. The molecule has 200 valence electrons. The number of benzene rings is 2. The molecule has 3 atom stereocenters. The van der Waals surface area contributed by atoms with Gasteiger partial charge in [0, 0.05) is 31.1 Å². The molecule has 3 amide bonds. The molecule has 1 N–H and O–H groups in total. The number of quaternary nitrogens is 1. The number of hydrogen-bond acceptors (Lipinski definition) is 5. The Labute approximate surface area is 219 Å². The van der Waals surface area contributed by atoms with Gasteiger partial charge in [-0.15, -0.1) is 0 Å². The van der Waals surface area contributed by atoms with Crippen LogP contribution in [0.1, 0.15) is 65.1 Å². The summed E-state index contributed by atoms with van der Waals surface area (Å²) in [5.74, 6) is 0.0146. The van der Waals surface area contributed by atoms with Crippen LogP contribution in [0, 0.1) is 0 Å². The first kappa shape index (κ1) is 28.2. The summed E-state index contributed by atoms with van der Waals surface area (Å²) < 4.78 is 5.39. The molecule has 1 aliphatic heterocycles. The van der Waals surface area contributed by atoms with Crippen LogP contribution in [-0.2, 0) is 16.0 Å². The number of nitrogens with one attached hydrogen (secondary N) is 1. The average Bonchev–Trinajstić information content (AvgIpc) is 2.81. The molecule has 0 bridgehead atoms. The van der Waals surface area contributed by atoms with E-state index in [0.717, 1.165) is 27.9 Å². The van der Waals surface area contributed by atoms with E-state index in [2.05, 4.69) is 5.32 Å². The predicted octanol–water partition coefficient (Wildman–Crippen LogP) is 4.40. The molecule has 0 aromatic heterocycles. The quantitative estimate of drug-likeness (QED) is 0.582. The monoisotopic (exact) mass is 509 g/mol. The Morgan fingerprint density at radius 2 is 1.73 bits per heavy atom. The summed E-state index contributed by atoms with van der Waals surface area (Å²) in [4.78, 5) is 37.9. The number of fused-ring (bicyclic) bond motifs is 1. The van der Waals surface area contributed by atoms with Gasteiger partial charge in [-0.3, -0.25) is 0 Å². The maximum atomic E-state index is 12.8. The second kappa shape index (κ2) is 10.9. The van der Waals surface area contributed by atoms with Crippen LogP contribution in [0.25, 0.3) is 11.1 Å². The first-order valence-corrected chi connectivity index (χ1v) is 12.8. The van der Waals surface area contributed by atoms with Gasteiger partial charge in [0.15, 0.2) is 0 Å². The van der Waals surface area contributed by atoms with E-state index in [1.54, 1.807) is 13.8 Å². The van der Waals surface area contributed by atoms with Crippen molar-refractivity contribution in [1.29, 1.82) is 0 Å². The zero-order chi connectivity index (χ0) is 27.5.